The molecule has 4 amide bonds. The Balaban J connectivity index is 1.37. The zero-order chi connectivity index (χ0) is 19.3. The monoisotopic (exact) mass is 402 g/mol. The number of carbonyl (C=O) groups excluding carboxylic acids is 3. The fourth-order valence-corrected chi connectivity index (χ4v) is 4.68. The Morgan fingerprint density at radius 3 is 2.70 bits per heavy atom. The molecule has 2 rings (SSSR count). The highest BCUT2D eigenvalue weighted by atomic mass is 32.2. The lowest BCUT2D eigenvalue weighted by atomic mass is 10.0. The molecule has 0 aromatic rings. The van der Waals surface area contributed by atoms with Crippen LogP contribution in [-0.2, 0) is 19.1 Å². The Hall–Kier alpha value is -1.52. The number of thioether (sulfide) groups is 1. The predicted octanol–water partition coefficient (Wildman–Crippen LogP) is -0.392. The fourth-order valence-electron chi connectivity index (χ4n) is 3.14. The molecule has 0 saturated carbocycles. The van der Waals surface area contributed by atoms with Gasteiger partial charge in [-0.2, -0.15) is 11.8 Å². The maximum Gasteiger partial charge on any atom is 0.315 e. The van der Waals surface area contributed by atoms with Gasteiger partial charge in [0.2, 0.25) is 12.3 Å². The zero-order valence-corrected chi connectivity index (χ0v) is 16.4. The second kappa shape index (κ2) is 12.8. The highest BCUT2D eigenvalue weighted by Crippen LogP contribution is 2.33. The van der Waals surface area contributed by atoms with Crippen LogP contribution in [0.5, 0.6) is 0 Å². The van der Waals surface area contributed by atoms with Crippen molar-refractivity contribution in [3.63, 3.8) is 0 Å². The van der Waals surface area contributed by atoms with Crippen molar-refractivity contribution in [1.82, 2.24) is 21.3 Å². The molecular formula is C17H30N4O5S. The summed E-state index contributed by atoms with van der Waals surface area (Å²) in [6.45, 7) is 2.82. The van der Waals surface area contributed by atoms with E-state index in [2.05, 4.69) is 21.3 Å². The Kier molecular flexibility index (Phi) is 10.3. The molecule has 0 aliphatic carbocycles. The van der Waals surface area contributed by atoms with Gasteiger partial charge in [-0.3, -0.25) is 9.59 Å². The van der Waals surface area contributed by atoms with Crippen molar-refractivity contribution < 1.29 is 23.9 Å². The van der Waals surface area contributed by atoms with E-state index in [1.165, 1.54) is 0 Å². The van der Waals surface area contributed by atoms with E-state index in [9.17, 15) is 14.4 Å². The maximum absolute atomic E-state index is 11.8. The van der Waals surface area contributed by atoms with Crippen LogP contribution in [0.1, 0.15) is 25.7 Å². The normalized spacial score (nSPS) is 23.4. The lowest BCUT2D eigenvalue weighted by Gasteiger charge is -2.16. The zero-order valence-electron chi connectivity index (χ0n) is 15.5. The van der Waals surface area contributed by atoms with Gasteiger partial charge in [-0.15, -0.1) is 0 Å². The van der Waals surface area contributed by atoms with E-state index in [1.807, 2.05) is 11.8 Å². The third-order valence-corrected chi connectivity index (χ3v) is 6.00. The van der Waals surface area contributed by atoms with Gasteiger partial charge in [0.05, 0.1) is 38.5 Å². The van der Waals surface area contributed by atoms with Gasteiger partial charge in [0.15, 0.2) is 0 Å². The molecule has 9 nitrogen and oxygen atoms in total. The van der Waals surface area contributed by atoms with Crippen LogP contribution in [0.2, 0.25) is 0 Å². The Morgan fingerprint density at radius 1 is 1.15 bits per heavy atom. The summed E-state index contributed by atoms with van der Waals surface area (Å²) in [5.41, 5.74) is 0. The quantitative estimate of drug-likeness (QED) is 0.168. The summed E-state index contributed by atoms with van der Waals surface area (Å²) in [4.78, 5) is 33.2. The van der Waals surface area contributed by atoms with Crippen LogP contribution >= 0.6 is 11.8 Å². The summed E-state index contributed by atoms with van der Waals surface area (Å²) in [5, 5.41) is 11.7. The Morgan fingerprint density at radius 2 is 1.93 bits per heavy atom. The first kappa shape index (κ1) is 21.8. The standard InChI is InChI=1S/C17H30N4O5S/c22-12-18-5-7-25-9-10-26-8-6-19-15(23)4-2-1-3-14-16-13(11-27-14)20-17(24)21-16/h12-14,16H,1-11H2,(H,18,22)(H,19,23)(H2,20,21,24). The first-order valence-electron chi connectivity index (χ1n) is 9.48. The van der Waals surface area contributed by atoms with E-state index < -0.39 is 0 Å². The van der Waals surface area contributed by atoms with E-state index in [0.29, 0.717) is 57.6 Å². The molecule has 0 radical (unpaired) electrons. The van der Waals surface area contributed by atoms with Crippen molar-refractivity contribution in [1.29, 1.82) is 0 Å². The molecular weight excluding hydrogens is 372 g/mol. The van der Waals surface area contributed by atoms with E-state index in [1.54, 1.807) is 0 Å². The SMILES string of the molecule is O=CNCCOCCOCCNC(=O)CCCCC1SCC2NC(=O)NC21. The Bertz CT molecular complexity index is 482. The first-order chi connectivity index (χ1) is 13.2. The molecule has 3 atom stereocenters. The summed E-state index contributed by atoms with van der Waals surface area (Å²) in [7, 11) is 0. The van der Waals surface area contributed by atoms with Gasteiger partial charge in [0.25, 0.3) is 0 Å². The average Bonchev–Trinajstić information content (AvgIpc) is 3.20. The van der Waals surface area contributed by atoms with Crippen LogP contribution in [0.3, 0.4) is 0 Å². The highest BCUT2D eigenvalue weighted by molar-refractivity contribution is 8.00. The van der Waals surface area contributed by atoms with Crippen LogP contribution < -0.4 is 21.3 Å². The summed E-state index contributed by atoms with van der Waals surface area (Å²) >= 11 is 1.90. The smallest absolute Gasteiger partial charge is 0.315 e. The number of fused-ring (bicyclic) bond motifs is 1. The molecule has 2 aliphatic rings. The number of urea groups is 1. The van der Waals surface area contributed by atoms with Gasteiger partial charge in [0.1, 0.15) is 0 Å². The molecule has 2 saturated heterocycles. The molecule has 0 bridgehead atoms. The van der Waals surface area contributed by atoms with Crippen molar-refractivity contribution in [2.75, 3.05) is 45.3 Å². The summed E-state index contributed by atoms with van der Waals surface area (Å²) in [6, 6.07) is 0.436. The minimum atomic E-state index is -0.0571. The third kappa shape index (κ3) is 8.35. The van der Waals surface area contributed by atoms with Gasteiger partial charge >= 0.3 is 6.03 Å². The number of ether oxygens (including phenoxy) is 2. The van der Waals surface area contributed by atoms with E-state index >= 15 is 0 Å². The predicted molar refractivity (Wildman–Crippen MR) is 103 cm³/mol. The number of carbonyl (C=O) groups is 3. The largest absolute Gasteiger partial charge is 0.377 e. The second-order valence-corrected chi connectivity index (χ2v) is 7.79. The van der Waals surface area contributed by atoms with Gasteiger partial charge in [-0.05, 0) is 12.8 Å². The molecule has 0 aromatic heterocycles. The molecule has 3 unspecified atom stereocenters. The highest BCUT2D eigenvalue weighted by Gasteiger charge is 2.42. The lowest BCUT2D eigenvalue weighted by molar-refractivity contribution is -0.121. The van der Waals surface area contributed by atoms with Crippen LogP contribution in [0.15, 0.2) is 0 Å². The minimum absolute atomic E-state index is 0.0441. The fraction of sp³-hybridized carbons (Fsp3) is 0.824. The van der Waals surface area contributed by atoms with Crippen molar-refractivity contribution in [2.45, 2.75) is 43.0 Å². The molecule has 0 spiro atoms. The van der Waals surface area contributed by atoms with E-state index in [0.717, 1.165) is 25.0 Å². The molecule has 0 aromatic carbocycles. The van der Waals surface area contributed by atoms with Crippen molar-refractivity contribution in [3.8, 4) is 0 Å². The van der Waals surface area contributed by atoms with E-state index in [-0.39, 0.29) is 24.0 Å². The Labute approximate surface area is 164 Å². The van der Waals surface area contributed by atoms with Gasteiger partial charge in [-0.25, -0.2) is 4.79 Å². The molecule has 27 heavy (non-hydrogen) atoms. The maximum atomic E-state index is 11.8. The van der Waals surface area contributed by atoms with Crippen LogP contribution in [0.25, 0.3) is 0 Å². The number of amides is 4. The average molecular weight is 403 g/mol. The molecule has 2 fully saturated rings. The lowest BCUT2D eigenvalue weighted by Crippen LogP contribution is -2.36. The first-order valence-corrected chi connectivity index (χ1v) is 10.5. The summed E-state index contributed by atoms with van der Waals surface area (Å²) < 4.78 is 10.6. The number of hydrogen-bond donors (Lipinski definition) is 4. The van der Waals surface area contributed by atoms with Gasteiger partial charge < -0.3 is 30.7 Å². The third-order valence-electron chi connectivity index (χ3n) is 4.50. The number of unbranched alkanes of at least 4 members (excludes halogenated alkanes) is 1. The summed E-state index contributed by atoms with van der Waals surface area (Å²) in [6.07, 6.45) is 4.01. The second-order valence-electron chi connectivity index (χ2n) is 6.51. The topological polar surface area (TPSA) is 118 Å². The van der Waals surface area contributed by atoms with Crippen LogP contribution in [0, 0.1) is 0 Å². The van der Waals surface area contributed by atoms with Gasteiger partial charge in [-0.1, -0.05) is 6.42 Å². The van der Waals surface area contributed by atoms with Crippen LogP contribution in [0.4, 0.5) is 4.79 Å². The molecule has 154 valence electrons. The van der Waals surface area contributed by atoms with Crippen molar-refractivity contribution in [2.24, 2.45) is 0 Å². The van der Waals surface area contributed by atoms with Crippen molar-refractivity contribution in [3.05, 3.63) is 0 Å². The molecule has 10 heteroatoms. The number of nitrogens with one attached hydrogen (secondary N) is 4. The molecule has 2 heterocycles. The van der Waals surface area contributed by atoms with Crippen molar-refractivity contribution >= 4 is 30.1 Å². The number of hydrogen-bond acceptors (Lipinski definition) is 6. The summed E-state index contributed by atoms with van der Waals surface area (Å²) in [5.74, 6) is 1.01. The van der Waals surface area contributed by atoms with Gasteiger partial charge in [0, 0.05) is 30.5 Å². The van der Waals surface area contributed by atoms with Crippen LogP contribution in [-0.4, -0.2) is 81.0 Å². The number of rotatable bonds is 15. The van der Waals surface area contributed by atoms with E-state index in [4.69, 9.17) is 9.47 Å². The molecule has 4 N–H and O–H groups in total. The molecule has 2 aliphatic heterocycles. The minimum Gasteiger partial charge on any atom is -0.377 e.